The molecule has 2 bridgehead atoms. The third-order valence-corrected chi connectivity index (χ3v) is 7.75. The first-order valence-corrected chi connectivity index (χ1v) is 11.0. The molecular weight excluding hydrogens is 388 g/mol. The van der Waals surface area contributed by atoms with Crippen LogP contribution in [0, 0.1) is 49.4 Å². The first-order valence-electron chi connectivity index (χ1n) is 11.0. The van der Waals surface area contributed by atoms with Crippen molar-refractivity contribution in [3.8, 4) is 0 Å². The maximum Gasteiger partial charge on any atom is 0.255 e. The highest BCUT2D eigenvalue weighted by atomic mass is 16.2. The van der Waals surface area contributed by atoms with Crippen molar-refractivity contribution >= 4 is 29.1 Å². The number of carbonyl (C=O) groups excluding carboxylic acids is 3. The minimum Gasteiger partial charge on any atom is -0.322 e. The van der Waals surface area contributed by atoms with Crippen molar-refractivity contribution in [2.24, 2.45) is 35.5 Å². The molecule has 156 valence electrons. The maximum atomic E-state index is 13.3. The lowest BCUT2D eigenvalue weighted by Crippen LogP contribution is -2.40. The third-order valence-electron chi connectivity index (χ3n) is 7.75. The van der Waals surface area contributed by atoms with Gasteiger partial charge in [-0.25, -0.2) is 4.90 Å². The number of amides is 3. The Morgan fingerprint density at radius 2 is 1.48 bits per heavy atom. The molecule has 5 nitrogen and oxygen atoms in total. The molecule has 0 aromatic heterocycles. The third kappa shape index (κ3) is 2.59. The standard InChI is InChI=1S/C26H24N2O3/c1-13-5-3-6-14(2)23(13)27-24(29)15-7-4-8-16(11-15)28-25(30)21-17-9-10-18(20-12-19(17)20)22(21)26(28)31/h3-11,17-22H,12H2,1-2H3,(H,27,29)/t17-,18-,19-,20-,21-,22+/m1/s1. The Morgan fingerprint density at radius 3 is 2.10 bits per heavy atom. The molecule has 1 heterocycles. The average Bonchev–Trinajstić information content (AvgIpc) is 3.54. The van der Waals surface area contributed by atoms with Crippen molar-refractivity contribution < 1.29 is 14.4 Å². The molecule has 5 aliphatic rings. The predicted octanol–water partition coefficient (Wildman–Crippen LogP) is 4.11. The van der Waals surface area contributed by atoms with Crippen molar-refractivity contribution in [2.75, 3.05) is 10.2 Å². The van der Waals surface area contributed by atoms with Gasteiger partial charge in [0.1, 0.15) is 0 Å². The quantitative estimate of drug-likeness (QED) is 0.609. The van der Waals surface area contributed by atoms with Crippen LogP contribution in [0.4, 0.5) is 11.4 Å². The zero-order chi connectivity index (χ0) is 21.4. The van der Waals surface area contributed by atoms with Crippen molar-refractivity contribution in [3.05, 3.63) is 71.3 Å². The molecule has 4 aliphatic carbocycles. The zero-order valence-corrected chi connectivity index (χ0v) is 17.5. The molecule has 1 saturated heterocycles. The normalized spacial score (nSPS) is 32.1. The summed E-state index contributed by atoms with van der Waals surface area (Å²) in [6, 6.07) is 12.7. The second-order valence-corrected chi connectivity index (χ2v) is 9.44. The molecule has 6 atom stereocenters. The molecule has 0 spiro atoms. The van der Waals surface area contributed by atoms with Gasteiger partial charge in [-0.1, -0.05) is 36.4 Å². The Bertz CT molecular complexity index is 1130. The van der Waals surface area contributed by atoms with Gasteiger partial charge < -0.3 is 5.32 Å². The number of nitrogens with one attached hydrogen (secondary N) is 1. The highest BCUT2D eigenvalue weighted by Gasteiger charge is 2.67. The van der Waals surface area contributed by atoms with Gasteiger partial charge in [0.15, 0.2) is 0 Å². The number of rotatable bonds is 3. The summed E-state index contributed by atoms with van der Waals surface area (Å²) in [5, 5.41) is 2.98. The largest absolute Gasteiger partial charge is 0.322 e. The minimum absolute atomic E-state index is 0.105. The lowest BCUT2D eigenvalue weighted by atomic mass is 9.63. The number of hydrogen-bond donors (Lipinski definition) is 1. The summed E-state index contributed by atoms with van der Waals surface area (Å²) in [4.78, 5) is 41.0. The molecule has 2 saturated carbocycles. The number of hydrogen-bond acceptors (Lipinski definition) is 3. The smallest absolute Gasteiger partial charge is 0.255 e. The maximum absolute atomic E-state index is 13.3. The topological polar surface area (TPSA) is 66.5 Å². The van der Waals surface area contributed by atoms with Crippen LogP contribution in [0.25, 0.3) is 0 Å². The fourth-order valence-corrected chi connectivity index (χ4v) is 6.20. The second-order valence-electron chi connectivity index (χ2n) is 9.44. The summed E-state index contributed by atoms with van der Waals surface area (Å²) >= 11 is 0. The number of allylic oxidation sites excluding steroid dienone is 2. The van der Waals surface area contributed by atoms with E-state index in [1.807, 2.05) is 32.0 Å². The lowest BCUT2D eigenvalue weighted by molar-refractivity contribution is -0.124. The molecule has 2 aromatic rings. The van der Waals surface area contributed by atoms with Crippen LogP contribution in [-0.2, 0) is 9.59 Å². The first kappa shape index (κ1) is 18.6. The van der Waals surface area contributed by atoms with Crippen molar-refractivity contribution in [1.82, 2.24) is 0 Å². The molecular formula is C26H24N2O3. The Morgan fingerprint density at radius 1 is 0.903 bits per heavy atom. The van der Waals surface area contributed by atoms with E-state index in [-0.39, 0.29) is 41.4 Å². The Kier molecular flexibility index (Phi) is 3.83. The molecule has 2 aromatic carbocycles. The van der Waals surface area contributed by atoms with Crippen molar-refractivity contribution in [2.45, 2.75) is 20.3 Å². The van der Waals surface area contributed by atoms with Gasteiger partial charge in [-0.15, -0.1) is 0 Å². The molecule has 1 N–H and O–H groups in total. The van der Waals surface area contributed by atoms with Crippen LogP contribution >= 0.6 is 0 Å². The van der Waals surface area contributed by atoms with Gasteiger partial charge in [-0.3, -0.25) is 14.4 Å². The molecule has 3 fully saturated rings. The molecule has 0 unspecified atom stereocenters. The summed E-state index contributed by atoms with van der Waals surface area (Å²) in [6.07, 6.45) is 5.48. The Labute approximate surface area is 181 Å². The van der Waals surface area contributed by atoms with E-state index in [0.717, 1.165) is 23.2 Å². The van der Waals surface area contributed by atoms with Crippen LogP contribution in [0.15, 0.2) is 54.6 Å². The second kappa shape index (κ2) is 6.39. The molecule has 31 heavy (non-hydrogen) atoms. The number of anilines is 2. The fourth-order valence-electron chi connectivity index (χ4n) is 6.20. The summed E-state index contributed by atoms with van der Waals surface area (Å²) in [6.45, 7) is 3.91. The number of benzene rings is 2. The number of aryl methyl sites for hydroxylation is 2. The summed E-state index contributed by atoms with van der Waals surface area (Å²) < 4.78 is 0. The van der Waals surface area contributed by atoms with Gasteiger partial charge in [0.2, 0.25) is 11.8 Å². The van der Waals surface area contributed by atoms with Gasteiger partial charge in [0, 0.05) is 11.3 Å². The predicted molar refractivity (Wildman–Crippen MR) is 118 cm³/mol. The van der Waals surface area contributed by atoms with Crippen LogP contribution < -0.4 is 10.2 Å². The molecule has 5 heteroatoms. The van der Waals surface area contributed by atoms with Gasteiger partial charge in [0.05, 0.1) is 17.5 Å². The number of carbonyl (C=O) groups is 3. The fraction of sp³-hybridized carbons (Fsp3) is 0.346. The van der Waals surface area contributed by atoms with E-state index in [0.29, 0.717) is 23.1 Å². The van der Waals surface area contributed by atoms with Gasteiger partial charge in [-0.05, 0) is 73.3 Å². The van der Waals surface area contributed by atoms with Gasteiger partial charge in [0.25, 0.3) is 5.91 Å². The van der Waals surface area contributed by atoms with Gasteiger partial charge >= 0.3 is 0 Å². The van der Waals surface area contributed by atoms with E-state index in [4.69, 9.17) is 0 Å². The Balaban J connectivity index is 1.30. The average molecular weight is 412 g/mol. The van der Waals surface area contributed by atoms with Crippen LogP contribution in [0.3, 0.4) is 0 Å². The summed E-state index contributed by atoms with van der Waals surface area (Å²) in [7, 11) is 0. The number of para-hydroxylation sites is 1. The first-order chi connectivity index (χ1) is 15.0. The van der Waals surface area contributed by atoms with E-state index in [1.54, 1.807) is 24.3 Å². The van der Waals surface area contributed by atoms with Crippen LogP contribution in [0.2, 0.25) is 0 Å². The van der Waals surface area contributed by atoms with E-state index in [9.17, 15) is 14.4 Å². The lowest BCUT2D eigenvalue weighted by Gasteiger charge is -2.37. The number of imide groups is 1. The van der Waals surface area contributed by atoms with E-state index in [1.165, 1.54) is 4.90 Å². The Hall–Kier alpha value is -3.21. The number of nitrogens with zero attached hydrogens (tertiary/aromatic N) is 1. The zero-order valence-electron chi connectivity index (χ0n) is 17.5. The SMILES string of the molecule is Cc1cccc(C)c1NC(=O)c1cccc(N2C(=O)[C@@H]3[C@@H]4C=C[C@H]([C@H]5C[C@H]45)[C@@H]3C2=O)c1. The van der Waals surface area contributed by atoms with E-state index < -0.39 is 0 Å². The van der Waals surface area contributed by atoms with Crippen LogP contribution in [0.1, 0.15) is 27.9 Å². The van der Waals surface area contributed by atoms with E-state index >= 15 is 0 Å². The van der Waals surface area contributed by atoms with Gasteiger partial charge in [-0.2, -0.15) is 0 Å². The van der Waals surface area contributed by atoms with Crippen LogP contribution in [-0.4, -0.2) is 17.7 Å². The molecule has 1 aliphatic heterocycles. The van der Waals surface area contributed by atoms with Crippen molar-refractivity contribution in [3.63, 3.8) is 0 Å². The van der Waals surface area contributed by atoms with Crippen molar-refractivity contribution in [1.29, 1.82) is 0 Å². The highest BCUT2D eigenvalue weighted by Crippen LogP contribution is 2.65. The molecule has 3 amide bonds. The monoisotopic (exact) mass is 412 g/mol. The minimum atomic E-state index is -0.251. The molecule has 0 radical (unpaired) electrons. The summed E-state index contributed by atoms with van der Waals surface area (Å²) in [5.41, 5.74) is 3.69. The van der Waals surface area contributed by atoms with E-state index in [2.05, 4.69) is 17.5 Å². The highest BCUT2D eigenvalue weighted by molar-refractivity contribution is 6.23. The molecule has 7 rings (SSSR count). The van der Waals surface area contributed by atoms with Crippen LogP contribution in [0.5, 0.6) is 0 Å². The summed E-state index contributed by atoms with van der Waals surface area (Å²) in [5.74, 6) is 0.591.